The van der Waals surface area contributed by atoms with E-state index < -0.39 is 11.2 Å². The molecule has 1 spiro atoms. The second-order valence-electron chi connectivity index (χ2n) is 11.4. The molecule has 4 unspecified atom stereocenters. The van der Waals surface area contributed by atoms with Gasteiger partial charge in [-0.1, -0.05) is 72.3 Å². The first-order valence-corrected chi connectivity index (χ1v) is 14.7. The summed E-state index contributed by atoms with van der Waals surface area (Å²) >= 11 is 7.01. The highest BCUT2D eigenvalue weighted by atomic mass is 35.5. The molecule has 198 valence electrons. The summed E-state index contributed by atoms with van der Waals surface area (Å²) in [6, 6.07) is 20.8. The Hall–Kier alpha value is -1.92. The fourth-order valence-electron chi connectivity index (χ4n) is 7.82. The van der Waals surface area contributed by atoms with E-state index in [2.05, 4.69) is 0 Å². The quantitative estimate of drug-likeness (QED) is 0.248. The second kappa shape index (κ2) is 10.7. The Morgan fingerprint density at radius 3 is 2.03 bits per heavy atom. The van der Waals surface area contributed by atoms with Crippen molar-refractivity contribution in [2.24, 2.45) is 5.92 Å². The number of nitrogens with zero attached hydrogens (tertiary/aromatic N) is 1. The number of esters is 1. The maximum atomic E-state index is 14.7. The zero-order valence-corrected chi connectivity index (χ0v) is 22.4. The summed E-state index contributed by atoms with van der Waals surface area (Å²) in [5.41, 5.74) is -0.561. The molecule has 2 bridgehead atoms. The third-order valence-electron chi connectivity index (χ3n) is 9.62. The van der Waals surface area contributed by atoms with E-state index in [1.807, 2.05) is 60.7 Å². The minimum absolute atomic E-state index is 0.109. The number of halogens is 1. The Morgan fingerprint density at radius 2 is 1.43 bits per heavy atom. The molecule has 0 saturated carbocycles. The Bertz CT molecular complexity index is 1000. The van der Waals surface area contributed by atoms with Crippen molar-refractivity contribution in [1.82, 2.24) is 0 Å². The van der Waals surface area contributed by atoms with E-state index in [-0.39, 0.29) is 18.1 Å². The molecule has 0 N–H and O–H groups in total. The molecule has 6 heteroatoms. The number of carbonyl (C=O) groups is 1. The van der Waals surface area contributed by atoms with Crippen molar-refractivity contribution in [1.29, 1.82) is 0 Å². The molecule has 2 aromatic carbocycles. The number of piperidine rings is 1. The van der Waals surface area contributed by atoms with Gasteiger partial charge in [-0.15, -0.1) is 0 Å². The van der Waals surface area contributed by atoms with Crippen LogP contribution in [0, 0.1) is 5.92 Å². The standard InChI is InChI=1S/C31H39ClNO4/c32-29(23-18-21-35-22-19-23)37-31(24-9-3-1-4-10-24,25-11-5-2-6-12-25)30(34)36-28-15-8-20-33(28)26-13-7-14-27(33)17-16-26/h1-6,9-12,23,26-29H,7-8,13-22H2/q+1. The highest BCUT2D eigenvalue weighted by molar-refractivity contribution is 6.20. The molecule has 0 aromatic heterocycles. The number of rotatable bonds is 7. The number of quaternary nitrogens is 1. The van der Waals surface area contributed by atoms with Gasteiger partial charge in [-0.05, 0) is 43.2 Å². The van der Waals surface area contributed by atoms with Crippen LogP contribution in [0.15, 0.2) is 60.7 Å². The number of benzene rings is 2. The molecule has 0 amide bonds. The van der Waals surface area contributed by atoms with Crippen molar-refractivity contribution < 1.29 is 23.5 Å². The van der Waals surface area contributed by atoms with Gasteiger partial charge in [-0.3, -0.25) is 4.48 Å². The fraction of sp³-hybridized carbons (Fsp3) is 0.581. The lowest BCUT2D eigenvalue weighted by Crippen LogP contribution is -2.63. The Kier molecular flexibility index (Phi) is 7.32. The number of alkyl halides is 1. The van der Waals surface area contributed by atoms with Crippen LogP contribution in [0.2, 0.25) is 0 Å². The molecule has 2 aromatic rings. The monoisotopic (exact) mass is 524 g/mol. The van der Waals surface area contributed by atoms with Crippen molar-refractivity contribution in [2.75, 3.05) is 19.8 Å². The van der Waals surface area contributed by atoms with Crippen LogP contribution in [0.5, 0.6) is 0 Å². The van der Waals surface area contributed by atoms with Gasteiger partial charge in [0.1, 0.15) is 5.56 Å². The molecule has 5 nitrogen and oxygen atoms in total. The van der Waals surface area contributed by atoms with E-state index in [9.17, 15) is 4.79 Å². The predicted octanol–water partition coefficient (Wildman–Crippen LogP) is 6.13. The van der Waals surface area contributed by atoms with Crippen molar-refractivity contribution in [3.05, 3.63) is 71.8 Å². The van der Waals surface area contributed by atoms with Crippen LogP contribution in [0.3, 0.4) is 0 Å². The predicted molar refractivity (Wildman–Crippen MR) is 143 cm³/mol. The first-order valence-electron chi connectivity index (χ1n) is 14.2. The Morgan fingerprint density at radius 1 is 0.838 bits per heavy atom. The summed E-state index contributed by atoms with van der Waals surface area (Å²) in [7, 11) is 0. The smallest absolute Gasteiger partial charge is 0.352 e. The van der Waals surface area contributed by atoms with E-state index in [4.69, 9.17) is 25.8 Å². The van der Waals surface area contributed by atoms with Gasteiger partial charge in [0.05, 0.1) is 18.6 Å². The Balaban J connectivity index is 1.39. The maximum Gasteiger partial charge on any atom is 0.352 e. The molecular weight excluding hydrogens is 486 g/mol. The van der Waals surface area contributed by atoms with Crippen LogP contribution in [0.25, 0.3) is 0 Å². The molecule has 4 aliphatic heterocycles. The van der Waals surface area contributed by atoms with Gasteiger partial charge < -0.3 is 14.2 Å². The van der Waals surface area contributed by atoms with Crippen molar-refractivity contribution in [3.8, 4) is 0 Å². The minimum Gasteiger partial charge on any atom is -0.410 e. The lowest BCUT2D eigenvalue weighted by Gasteiger charge is -2.48. The van der Waals surface area contributed by atoms with E-state index in [1.165, 1.54) is 32.1 Å². The third kappa shape index (κ3) is 4.42. The molecule has 6 rings (SSSR count). The van der Waals surface area contributed by atoms with E-state index in [0.29, 0.717) is 25.3 Å². The number of hydrogen-bond acceptors (Lipinski definition) is 4. The lowest BCUT2D eigenvalue weighted by atomic mass is 9.85. The van der Waals surface area contributed by atoms with Gasteiger partial charge in [0.15, 0.2) is 0 Å². The normalized spacial score (nSPS) is 30.9. The lowest BCUT2D eigenvalue weighted by molar-refractivity contribution is -0.992. The zero-order valence-electron chi connectivity index (χ0n) is 21.6. The maximum absolute atomic E-state index is 14.7. The molecule has 37 heavy (non-hydrogen) atoms. The van der Waals surface area contributed by atoms with Crippen LogP contribution in [0.4, 0.5) is 0 Å². The average molecular weight is 525 g/mol. The van der Waals surface area contributed by atoms with Gasteiger partial charge in [0, 0.05) is 44.8 Å². The first kappa shape index (κ1) is 25.4. The molecule has 4 fully saturated rings. The number of carbonyl (C=O) groups excluding carboxylic acids is 1. The summed E-state index contributed by atoms with van der Waals surface area (Å²) in [5.74, 6) is -0.227. The van der Waals surface area contributed by atoms with Crippen molar-refractivity contribution in [3.63, 3.8) is 0 Å². The van der Waals surface area contributed by atoms with Gasteiger partial charge in [-0.25, -0.2) is 4.79 Å². The van der Waals surface area contributed by atoms with Crippen LogP contribution in [-0.2, 0) is 24.6 Å². The topological polar surface area (TPSA) is 44.8 Å². The molecule has 4 aliphatic rings. The largest absolute Gasteiger partial charge is 0.410 e. The number of hydrogen-bond donors (Lipinski definition) is 0. The SMILES string of the molecule is O=C(OC1CCC[N+]12C1CCCC2CC1)C(OC(Cl)C1CCOCC1)(c1ccccc1)c1ccccc1. The summed E-state index contributed by atoms with van der Waals surface area (Å²) < 4.78 is 20.0. The highest BCUT2D eigenvalue weighted by Gasteiger charge is 2.60. The van der Waals surface area contributed by atoms with Crippen molar-refractivity contribution >= 4 is 17.6 Å². The molecule has 4 atom stereocenters. The summed E-state index contributed by atoms with van der Waals surface area (Å²) in [4.78, 5) is 14.7. The molecule has 0 radical (unpaired) electrons. The number of ether oxygens (including phenoxy) is 3. The van der Waals surface area contributed by atoms with Crippen LogP contribution < -0.4 is 0 Å². The second-order valence-corrected chi connectivity index (χ2v) is 11.8. The van der Waals surface area contributed by atoms with Crippen molar-refractivity contribution in [2.45, 2.75) is 87.3 Å². The van der Waals surface area contributed by atoms with E-state index >= 15 is 0 Å². The third-order valence-corrected chi connectivity index (χ3v) is 10.1. The zero-order chi connectivity index (χ0) is 25.3. The van der Waals surface area contributed by atoms with Gasteiger partial charge >= 0.3 is 5.97 Å². The van der Waals surface area contributed by atoms with Gasteiger partial charge in [0.25, 0.3) is 0 Å². The minimum atomic E-state index is -1.44. The van der Waals surface area contributed by atoms with Crippen LogP contribution in [-0.4, -0.2) is 54.1 Å². The van der Waals surface area contributed by atoms with E-state index in [1.54, 1.807) is 0 Å². The Labute approximate surface area is 225 Å². The van der Waals surface area contributed by atoms with Gasteiger partial charge in [-0.2, -0.15) is 0 Å². The van der Waals surface area contributed by atoms with Crippen LogP contribution in [0.1, 0.15) is 68.9 Å². The molecule has 4 heterocycles. The molecular formula is C31H39ClNO4+. The van der Waals surface area contributed by atoms with E-state index in [0.717, 1.165) is 47.8 Å². The average Bonchev–Trinajstić information content (AvgIpc) is 3.41. The fourth-order valence-corrected chi connectivity index (χ4v) is 8.21. The summed E-state index contributed by atoms with van der Waals surface area (Å²) in [6.07, 6.45) is 9.85. The first-order chi connectivity index (χ1) is 18.1. The highest BCUT2D eigenvalue weighted by Crippen LogP contribution is 2.50. The summed E-state index contributed by atoms with van der Waals surface area (Å²) in [5, 5.41) is 0. The van der Waals surface area contributed by atoms with Crippen LogP contribution >= 0.6 is 11.6 Å². The van der Waals surface area contributed by atoms with Gasteiger partial charge in [0.2, 0.25) is 11.8 Å². The molecule has 0 aliphatic carbocycles. The summed E-state index contributed by atoms with van der Waals surface area (Å²) in [6.45, 7) is 2.45. The molecule has 4 saturated heterocycles.